The third-order valence-electron chi connectivity index (χ3n) is 4.24. The van der Waals surface area contributed by atoms with Crippen LogP contribution in [0.5, 0.6) is 0 Å². The highest BCUT2D eigenvalue weighted by molar-refractivity contribution is 5.92. The van der Waals surface area contributed by atoms with Crippen molar-refractivity contribution in [2.75, 3.05) is 18.9 Å². The second-order valence-corrected chi connectivity index (χ2v) is 5.81. The van der Waals surface area contributed by atoms with Gasteiger partial charge in [0.2, 0.25) is 5.91 Å². The first kappa shape index (κ1) is 15.0. The maximum atomic E-state index is 12.1. The van der Waals surface area contributed by atoms with Crippen LogP contribution in [-0.4, -0.2) is 30.4 Å². The summed E-state index contributed by atoms with van der Waals surface area (Å²) in [6, 6.07) is 8.69. The van der Waals surface area contributed by atoms with Gasteiger partial charge in [-0.25, -0.2) is 0 Å². The summed E-state index contributed by atoms with van der Waals surface area (Å²) in [6.07, 6.45) is 7.44. The molecule has 1 saturated carbocycles. The van der Waals surface area contributed by atoms with Crippen LogP contribution in [-0.2, 0) is 11.2 Å². The van der Waals surface area contributed by atoms with Crippen molar-refractivity contribution in [1.82, 2.24) is 4.90 Å². The Bertz CT molecular complexity index is 421. The molecule has 1 aromatic carbocycles. The van der Waals surface area contributed by atoms with Crippen LogP contribution in [0, 0.1) is 0 Å². The quantitative estimate of drug-likeness (QED) is 0.892. The van der Waals surface area contributed by atoms with Crippen LogP contribution in [0.3, 0.4) is 0 Å². The lowest BCUT2D eigenvalue weighted by atomic mass is 9.94. The van der Waals surface area contributed by atoms with E-state index in [0.717, 1.165) is 12.1 Å². The zero-order valence-electron chi connectivity index (χ0n) is 12.7. The maximum Gasteiger partial charge on any atom is 0.238 e. The second kappa shape index (κ2) is 7.44. The zero-order valence-corrected chi connectivity index (χ0v) is 12.7. The number of nitrogens with one attached hydrogen (secondary N) is 1. The number of nitrogens with zero attached hydrogens (tertiary/aromatic N) is 1. The Morgan fingerprint density at radius 1 is 1.20 bits per heavy atom. The smallest absolute Gasteiger partial charge is 0.238 e. The minimum atomic E-state index is 0.0855. The molecule has 1 fully saturated rings. The number of carbonyl (C=O) groups is 1. The van der Waals surface area contributed by atoms with E-state index in [4.69, 9.17) is 0 Å². The van der Waals surface area contributed by atoms with Gasteiger partial charge in [-0.05, 0) is 44.0 Å². The first-order valence-electron chi connectivity index (χ1n) is 7.78. The topological polar surface area (TPSA) is 32.3 Å². The van der Waals surface area contributed by atoms with Crippen LogP contribution in [0.15, 0.2) is 24.3 Å². The number of likely N-dealkylation sites (N-methyl/N-ethyl adjacent to an activating group) is 1. The zero-order chi connectivity index (χ0) is 14.4. The number of anilines is 1. The van der Waals surface area contributed by atoms with Crippen LogP contribution in [0.1, 0.15) is 44.6 Å². The Labute approximate surface area is 122 Å². The van der Waals surface area contributed by atoms with E-state index < -0.39 is 0 Å². The Morgan fingerprint density at radius 2 is 1.85 bits per heavy atom. The Balaban J connectivity index is 1.81. The third kappa shape index (κ3) is 4.34. The molecule has 0 radical (unpaired) electrons. The number of benzene rings is 1. The van der Waals surface area contributed by atoms with Gasteiger partial charge in [0.05, 0.1) is 6.54 Å². The minimum Gasteiger partial charge on any atom is -0.325 e. The number of hydrogen-bond acceptors (Lipinski definition) is 2. The Morgan fingerprint density at radius 3 is 2.45 bits per heavy atom. The molecular weight excluding hydrogens is 248 g/mol. The third-order valence-corrected chi connectivity index (χ3v) is 4.24. The summed E-state index contributed by atoms with van der Waals surface area (Å²) in [6.45, 7) is 2.62. The van der Waals surface area contributed by atoms with Crippen molar-refractivity contribution in [1.29, 1.82) is 0 Å². The van der Waals surface area contributed by atoms with Crippen LogP contribution in [0.4, 0.5) is 5.69 Å². The van der Waals surface area contributed by atoms with Crippen molar-refractivity contribution in [2.45, 2.75) is 51.5 Å². The number of hydrogen-bond donors (Lipinski definition) is 1. The van der Waals surface area contributed by atoms with Gasteiger partial charge in [-0.15, -0.1) is 0 Å². The molecule has 0 bridgehead atoms. The fraction of sp³-hybridized carbons (Fsp3) is 0.588. The molecule has 1 N–H and O–H groups in total. The van der Waals surface area contributed by atoms with Crippen LogP contribution in [0.25, 0.3) is 0 Å². The standard InChI is InChI=1S/C17H26N2O/c1-3-14-9-11-15(12-10-14)18-17(20)13-19(2)16-7-5-4-6-8-16/h9-12,16H,3-8,13H2,1-2H3,(H,18,20). The fourth-order valence-electron chi connectivity index (χ4n) is 2.90. The molecule has 3 nitrogen and oxygen atoms in total. The lowest BCUT2D eigenvalue weighted by Crippen LogP contribution is -2.39. The average Bonchev–Trinajstić information content (AvgIpc) is 2.49. The van der Waals surface area contributed by atoms with E-state index in [1.54, 1.807) is 0 Å². The molecular formula is C17H26N2O. The lowest BCUT2D eigenvalue weighted by molar-refractivity contribution is -0.117. The molecule has 1 aromatic rings. The van der Waals surface area contributed by atoms with Gasteiger partial charge < -0.3 is 5.32 Å². The monoisotopic (exact) mass is 274 g/mol. The molecule has 0 aromatic heterocycles. The lowest BCUT2D eigenvalue weighted by Gasteiger charge is -2.30. The number of carbonyl (C=O) groups excluding carboxylic acids is 1. The average molecular weight is 274 g/mol. The van der Waals surface area contributed by atoms with Gasteiger partial charge in [0.25, 0.3) is 0 Å². The number of aryl methyl sites for hydroxylation is 1. The summed E-state index contributed by atoms with van der Waals surface area (Å²) < 4.78 is 0. The van der Waals surface area contributed by atoms with Crippen molar-refractivity contribution in [3.8, 4) is 0 Å². The van der Waals surface area contributed by atoms with E-state index in [1.165, 1.54) is 37.7 Å². The molecule has 1 aliphatic rings. The summed E-state index contributed by atoms with van der Waals surface area (Å²) >= 11 is 0. The van der Waals surface area contributed by atoms with Crippen LogP contribution in [0.2, 0.25) is 0 Å². The summed E-state index contributed by atoms with van der Waals surface area (Å²) in [5, 5.41) is 2.98. The molecule has 0 heterocycles. The fourth-order valence-corrected chi connectivity index (χ4v) is 2.90. The summed E-state index contributed by atoms with van der Waals surface area (Å²) in [5.74, 6) is 0.0855. The van der Waals surface area contributed by atoms with Gasteiger partial charge >= 0.3 is 0 Å². The van der Waals surface area contributed by atoms with Crippen molar-refractivity contribution < 1.29 is 4.79 Å². The molecule has 2 rings (SSSR count). The Hall–Kier alpha value is -1.35. The van der Waals surface area contributed by atoms with Gasteiger partial charge in [0.1, 0.15) is 0 Å². The molecule has 0 aliphatic heterocycles. The molecule has 0 unspecified atom stereocenters. The normalized spacial score (nSPS) is 16.4. The molecule has 0 atom stereocenters. The molecule has 1 amide bonds. The van der Waals surface area contributed by atoms with Gasteiger partial charge in [0, 0.05) is 11.7 Å². The van der Waals surface area contributed by atoms with Gasteiger partial charge in [-0.1, -0.05) is 38.3 Å². The first-order chi connectivity index (χ1) is 9.69. The predicted molar refractivity (Wildman–Crippen MR) is 84.0 cm³/mol. The maximum absolute atomic E-state index is 12.1. The summed E-state index contributed by atoms with van der Waals surface area (Å²) in [5.41, 5.74) is 2.19. The van der Waals surface area contributed by atoms with Crippen molar-refractivity contribution in [3.63, 3.8) is 0 Å². The van der Waals surface area contributed by atoms with E-state index in [1.807, 2.05) is 12.1 Å². The molecule has 3 heteroatoms. The highest BCUT2D eigenvalue weighted by Crippen LogP contribution is 2.21. The molecule has 0 saturated heterocycles. The SMILES string of the molecule is CCc1ccc(NC(=O)CN(C)C2CCCCC2)cc1. The van der Waals surface area contributed by atoms with E-state index in [2.05, 4.69) is 36.3 Å². The molecule has 110 valence electrons. The van der Waals surface area contributed by atoms with Gasteiger partial charge in [0.15, 0.2) is 0 Å². The van der Waals surface area contributed by atoms with E-state index in [0.29, 0.717) is 12.6 Å². The summed E-state index contributed by atoms with van der Waals surface area (Å²) in [4.78, 5) is 14.3. The second-order valence-electron chi connectivity index (χ2n) is 5.81. The summed E-state index contributed by atoms with van der Waals surface area (Å²) in [7, 11) is 2.07. The van der Waals surface area contributed by atoms with Gasteiger partial charge in [-0.3, -0.25) is 9.69 Å². The van der Waals surface area contributed by atoms with Crippen molar-refractivity contribution >= 4 is 11.6 Å². The molecule has 20 heavy (non-hydrogen) atoms. The number of amides is 1. The highest BCUT2D eigenvalue weighted by Gasteiger charge is 2.19. The van der Waals surface area contributed by atoms with E-state index >= 15 is 0 Å². The molecule has 1 aliphatic carbocycles. The van der Waals surface area contributed by atoms with Crippen molar-refractivity contribution in [2.24, 2.45) is 0 Å². The first-order valence-corrected chi connectivity index (χ1v) is 7.78. The highest BCUT2D eigenvalue weighted by atomic mass is 16.2. The van der Waals surface area contributed by atoms with Crippen LogP contribution < -0.4 is 5.32 Å². The van der Waals surface area contributed by atoms with Gasteiger partial charge in [-0.2, -0.15) is 0 Å². The minimum absolute atomic E-state index is 0.0855. The van der Waals surface area contributed by atoms with Crippen LogP contribution >= 0.6 is 0 Å². The predicted octanol–water partition coefficient (Wildman–Crippen LogP) is 3.45. The van der Waals surface area contributed by atoms with E-state index in [9.17, 15) is 4.79 Å². The number of rotatable bonds is 5. The Kier molecular flexibility index (Phi) is 5.60. The largest absolute Gasteiger partial charge is 0.325 e. The molecule has 0 spiro atoms. The van der Waals surface area contributed by atoms with Crippen molar-refractivity contribution in [3.05, 3.63) is 29.8 Å². The van der Waals surface area contributed by atoms with E-state index in [-0.39, 0.29) is 5.91 Å².